The molecule has 3 heteroatoms. The van der Waals surface area contributed by atoms with E-state index in [1.807, 2.05) is 6.07 Å². The third kappa shape index (κ3) is 2.45. The van der Waals surface area contributed by atoms with Crippen LogP contribution < -0.4 is 4.74 Å². The molecule has 3 rings (SSSR count). The summed E-state index contributed by atoms with van der Waals surface area (Å²) in [6.45, 7) is 8.66. The summed E-state index contributed by atoms with van der Waals surface area (Å²) in [5.74, 6) is 0.882. The molecule has 1 fully saturated rings. The molecular weight excluding hydrogens is 250 g/mol. The highest BCUT2D eigenvalue weighted by Crippen LogP contribution is 2.44. The van der Waals surface area contributed by atoms with Gasteiger partial charge in [-0.1, -0.05) is 11.6 Å². The van der Waals surface area contributed by atoms with Crippen molar-refractivity contribution < 1.29 is 9.84 Å². The zero-order chi connectivity index (χ0) is 14.3. The Balaban J connectivity index is 1.80. The van der Waals surface area contributed by atoms with Crippen LogP contribution in [0.1, 0.15) is 50.3 Å². The van der Waals surface area contributed by atoms with Gasteiger partial charge in [-0.2, -0.15) is 0 Å². The zero-order valence-electron chi connectivity index (χ0n) is 12.7. The molecule has 0 bridgehead atoms. The lowest BCUT2D eigenvalue weighted by Gasteiger charge is -2.46. The van der Waals surface area contributed by atoms with E-state index in [4.69, 9.17) is 4.74 Å². The van der Waals surface area contributed by atoms with E-state index in [9.17, 15) is 5.11 Å². The summed E-state index contributed by atoms with van der Waals surface area (Å²) in [5, 5.41) is 10.5. The van der Waals surface area contributed by atoms with Crippen molar-refractivity contribution >= 4 is 0 Å². The Morgan fingerprint density at radius 3 is 2.65 bits per heavy atom. The first-order valence-electron chi connectivity index (χ1n) is 7.71. The number of aryl methyl sites for hydroxylation is 1. The predicted molar refractivity (Wildman–Crippen MR) is 80.1 cm³/mol. The number of rotatable bonds is 1. The summed E-state index contributed by atoms with van der Waals surface area (Å²) < 4.78 is 6.33. The van der Waals surface area contributed by atoms with E-state index in [1.165, 1.54) is 5.56 Å². The van der Waals surface area contributed by atoms with Gasteiger partial charge in [0.25, 0.3) is 0 Å². The average Bonchev–Trinajstić information content (AvgIpc) is 2.40. The fraction of sp³-hybridized carbons (Fsp3) is 0.647. The van der Waals surface area contributed by atoms with Crippen LogP contribution in [0.3, 0.4) is 0 Å². The summed E-state index contributed by atoms with van der Waals surface area (Å²) in [5.41, 5.74) is 1.98. The Bertz CT molecular complexity index is 490. The van der Waals surface area contributed by atoms with Crippen molar-refractivity contribution in [3.8, 4) is 5.75 Å². The van der Waals surface area contributed by atoms with Crippen LogP contribution in [0.25, 0.3) is 0 Å². The second-order valence-electron chi connectivity index (χ2n) is 6.68. The topological polar surface area (TPSA) is 32.7 Å². The van der Waals surface area contributed by atoms with Gasteiger partial charge in [0, 0.05) is 31.1 Å². The predicted octanol–water partition coefficient (Wildman–Crippen LogP) is 3.05. The Kier molecular flexibility index (Phi) is 3.51. The molecule has 1 aromatic carbocycles. The van der Waals surface area contributed by atoms with Gasteiger partial charge in [-0.25, -0.2) is 0 Å². The molecule has 1 N–H and O–H groups in total. The summed E-state index contributed by atoms with van der Waals surface area (Å²) in [6.07, 6.45) is 2.37. The molecule has 0 aromatic heterocycles. The highest BCUT2D eigenvalue weighted by molar-refractivity contribution is 5.41. The van der Waals surface area contributed by atoms with Gasteiger partial charge in [0.05, 0.1) is 6.10 Å². The minimum atomic E-state index is -0.385. The third-order valence-electron chi connectivity index (χ3n) is 4.86. The van der Waals surface area contributed by atoms with Crippen LogP contribution in [0, 0.1) is 6.92 Å². The second-order valence-corrected chi connectivity index (χ2v) is 6.68. The summed E-state index contributed by atoms with van der Waals surface area (Å²) in [7, 11) is 0. The smallest absolute Gasteiger partial charge is 0.125 e. The Morgan fingerprint density at radius 2 is 2.00 bits per heavy atom. The molecule has 2 aliphatic heterocycles. The van der Waals surface area contributed by atoms with E-state index >= 15 is 0 Å². The van der Waals surface area contributed by atoms with Crippen LogP contribution in [0.4, 0.5) is 0 Å². The minimum absolute atomic E-state index is 0.160. The van der Waals surface area contributed by atoms with Crippen LogP contribution in [0.15, 0.2) is 18.2 Å². The van der Waals surface area contributed by atoms with Gasteiger partial charge < -0.3 is 14.7 Å². The molecule has 0 amide bonds. The van der Waals surface area contributed by atoms with Crippen LogP contribution in [0.5, 0.6) is 5.75 Å². The molecule has 110 valence electrons. The molecule has 3 nitrogen and oxygen atoms in total. The van der Waals surface area contributed by atoms with E-state index < -0.39 is 0 Å². The summed E-state index contributed by atoms with van der Waals surface area (Å²) in [6, 6.07) is 6.73. The van der Waals surface area contributed by atoms with Gasteiger partial charge >= 0.3 is 0 Å². The molecule has 0 aliphatic carbocycles. The highest BCUT2D eigenvalue weighted by atomic mass is 16.5. The van der Waals surface area contributed by atoms with Gasteiger partial charge in [-0.15, -0.1) is 0 Å². The first-order chi connectivity index (χ1) is 9.49. The van der Waals surface area contributed by atoms with Crippen molar-refractivity contribution in [1.29, 1.82) is 0 Å². The SMILES string of the molecule is Cc1ccc2c(c1)[C@@H](O)CC1(CCN(C(C)C)CC1)O2. The normalized spacial score (nSPS) is 25.6. The molecule has 2 aliphatic rings. The number of hydrogen-bond acceptors (Lipinski definition) is 3. The molecule has 20 heavy (non-hydrogen) atoms. The van der Waals surface area contributed by atoms with Gasteiger partial charge in [0.15, 0.2) is 0 Å². The minimum Gasteiger partial charge on any atom is -0.487 e. The van der Waals surface area contributed by atoms with E-state index in [-0.39, 0.29) is 11.7 Å². The Morgan fingerprint density at radius 1 is 1.30 bits per heavy atom. The average molecular weight is 275 g/mol. The quantitative estimate of drug-likeness (QED) is 0.855. The fourth-order valence-corrected chi connectivity index (χ4v) is 3.51. The van der Waals surface area contributed by atoms with Gasteiger partial charge in [-0.05, 0) is 45.7 Å². The van der Waals surface area contributed by atoms with Crippen LogP contribution in [-0.4, -0.2) is 34.7 Å². The molecule has 1 saturated heterocycles. The number of nitrogens with zero attached hydrogens (tertiary/aromatic N) is 1. The van der Waals surface area contributed by atoms with E-state index in [1.54, 1.807) is 0 Å². The van der Waals surface area contributed by atoms with E-state index in [0.717, 1.165) is 43.7 Å². The maximum absolute atomic E-state index is 10.5. The number of likely N-dealkylation sites (tertiary alicyclic amines) is 1. The lowest BCUT2D eigenvalue weighted by atomic mass is 9.81. The van der Waals surface area contributed by atoms with Crippen molar-refractivity contribution in [2.45, 2.75) is 57.8 Å². The molecule has 2 heterocycles. The van der Waals surface area contributed by atoms with Gasteiger partial charge in [-0.3, -0.25) is 0 Å². The van der Waals surface area contributed by atoms with E-state index in [2.05, 4.69) is 37.8 Å². The number of ether oxygens (including phenoxy) is 1. The summed E-state index contributed by atoms with van der Waals surface area (Å²) in [4.78, 5) is 2.49. The largest absolute Gasteiger partial charge is 0.487 e. The molecule has 0 radical (unpaired) electrons. The molecule has 0 saturated carbocycles. The molecular formula is C17H25NO2. The number of aliphatic hydroxyl groups is 1. The molecule has 1 aromatic rings. The monoisotopic (exact) mass is 275 g/mol. The number of piperidine rings is 1. The molecule has 0 unspecified atom stereocenters. The first kappa shape index (κ1) is 13.9. The highest BCUT2D eigenvalue weighted by Gasteiger charge is 2.43. The maximum Gasteiger partial charge on any atom is 0.125 e. The number of benzene rings is 1. The van der Waals surface area contributed by atoms with Crippen molar-refractivity contribution in [3.63, 3.8) is 0 Å². The Labute approximate surface area is 121 Å². The zero-order valence-corrected chi connectivity index (χ0v) is 12.7. The number of aliphatic hydroxyl groups excluding tert-OH is 1. The van der Waals surface area contributed by atoms with Crippen LogP contribution in [0.2, 0.25) is 0 Å². The second kappa shape index (κ2) is 5.05. The fourth-order valence-electron chi connectivity index (χ4n) is 3.51. The maximum atomic E-state index is 10.5. The lowest BCUT2D eigenvalue weighted by molar-refractivity contribution is -0.0580. The van der Waals surface area contributed by atoms with Crippen molar-refractivity contribution in [1.82, 2.24) is 4.90 Å². The number of fused-ring (bicyclic) bond motifs is 1. The van der Waals surface area contributed by atoms with E-state index in [0.29, 0.717) is 6.04 Å². The van der Waals surface area contributed by atoms with Crippen LogP contribution >= 0.6 is 0 Å². The molecule has 1 atom stereocenters. The summed E-state index contributed by atoms with van der Waals surface area (Å²) >= 11 is 0. The molecule has 1 spiro atoms. The lowest BCUT2D eigenvalue weighted by Crippen LogP contribution is -2.51. The first-order valence-corrected chi connectivity index (χ1v) is 7.71. The standard InChI is InChI=1S/C17H25NO2/c1-12(2)18-8-6-17(7-9-18)11-15(19)14-10-13(3)4-5-16(14)20-17/h4-5,10,12,15,19H,6-9,11H2,1-3H3/t15-/m0/s1. The third-order valence-corrected chi connectivity index (χ3v) is 4.86. The Hall–Kier alpha value is -1.06. The van der Waals surface area contributed by atoms with Crippen molar-refractivity contribution in [2.75, 3.05) is 13.1 Å². The van der Waals surface area contributed by atoms with Crippen molar-refractivity contribution in [2.24, 2.45) is 0 Å². The van der Waals surface area contributed by atoms with Gasteiger partial charge in [0.1, 0.15) is 11.4 Å². The number of hydrogen-bond donors (Lipinski definition) is 1. The van der Waals surface area contributed by atoms with Crippen molar-refractivity contribution in [3.05, 3.63) is 29.3 Å². The van der Waals surface area contributed by atoms with Gasteiger partial charge in [0.2, 0.25) is 0 Å². The van der Waals surface area contributed by atoms with Crippen LogP contribution in [-0.2, 0) is 0 Å².